The molecule has 0 unspecified atom stereocenters. The highest BCUT2D eigenvalue weighted by molar-refractivity contribution is 6.93. The lowest BCUT2D eigenvalue weighted by Gasteiger charge is -2.68. The van der Waals surface area contributed by atoms with Crippen LogP contribution >= 0.6 is 0 Å². The van der Waals surface area contributed by atoms with Crippen LogP contribution in [0.1, 0.15) is 0 Å². The predicted molar refractivity (Wildman–Crippen MR) is 108 cm³/mol. The van der Waals surface area contributed by atoms with Gasteiger partial charge in [-0.05, 0) is 22.2 Å². The largest absolute Gasteiger partial charge is 0.0693 e. The monoisotopic (exact) mass is 344 g/mol. The third kappa shape index (κ3) is 3.61. The molecule has 0 atom stereocenters. The SMILES string of the molecule is C[Si](C)(C)C1C([Si](C)(C)C)C([Si](C)(C)C)C1[Si](C)(C)C. The smallest absolute Gasteiger partial charge is 0.0473 e. The van der Waals surface area contributed by atoms with E-state index in [4.69, 9.17) is 0 Å². The second kappa shape index (κ2) is 5.20. The van der Waals surface area contributed by atoms with Crippen LogP contribution in [0.4, 0.5) is 0 Å². The molecule has 120 valence electrons. The Morgan fingerprint density at radius 1 is 0.300 bits per heavy atom. The summed E-state index contributed by atoms with van der Waals surface area (Å²) in [6.45, 7) is 31.8. The highest BCUT2D eigenvalue weighted by Gasteiger charge is 2.64. The molecule has 4 heteroatoms. The summed E-state index contributed by atoms with van der Waals surface area (Å²) in [5.41, 5.74) is 4.49. The Labute approximate surface area is 133 Å². The van der Waals surface area contributed by atoms with E-state index < -0.39 is 32.3 Å². The van der Waals surface area contributed by atoms with Crippen LogP contribution in [0.3, 0.4) is 0 Å². The van der Waals surface area contributed by atoms with E-state index in [0.717, 1.165) is 22.2 Å². The molecule has 1 aliphatic rings. The van der Waals surface area contributed by atoms with Gasteiger partial charge in [-0.1, -0.05) is 78.6 Å². The minimum absolute atomic E-state index is 1.05. The number of rotatable bonds is 4. The molecule has 0 N–H and O–H groups in total. The van der Waals surface area contributed by atoms with Crippen molar-refractivity contribution in [1.82, 2.24) is 0 Å². The van der Waals surface area contributed by atoms with Crippen molar-refractivity contribution in [3.05, 3.63) is 0 Å². The molecule has 0 nitrogen and oxygen atoms in total. The molecule has 0 heterocycles. The van der Waals surface area contributed by atoms with Gasteiger partial charge in [0.05, 0.1) is 0 Å². The first-order chi connectivity index (χ1) is 8.49. The van der Waals surface area contributed by atoms with Crippen molar-refractivity contribution >= 4 is 32.3 Å². The molecular weight excluding hydrogens is 305 g/mol. The van der Waals surface area contributed by atoms with E-state index in [1.807, 2.05) is 0 Å². The summed E-state index contributed by atoms with van der Waals surface area (Å²) in [7, 11) is -4.19. The summed E-state index contributed by atoms with van der Waals surface area (Å²) < 4.78 is 0. The molecular formula is C16H40Si4. The van der Waals surface area contributed by atoms with E-state index in [9.17, 15) is 0 Å². The summed E-state index contributed by atoms with van der Waals surface area (Å²) >= 11 is 0. The van der Waals surface area contributed by atoms with Crippen molar-refractivity contribution in [2.24, 2.45) is 0 Å². The summed E-state index contributed by atoms with van der Waals surface area (Å²) in [6.07, 6.45) is 0. The number of hydrogen-bond donors (Lipinski definition) is 0. The van der Waals surface area contributed by atoms with Gasteiger partial charge in [-0.15, -0.1) is 0 Å². The minimum Gasteiger partial charge on any atom is -0.0693 e. The van der Waals surface area contributed by atoms with Crippen LogP contribution in [0.5, 0.6) is 0 Å². The zero-order valence-electron chi connectivity index (χ0n) is 16.3. The van der Waals surface area contributed by atoms with Crippen molar-refractivity contribution in [1.29, 1.82) is 0 Å². The Hall–Kier alpha value is 0.868. The average Bonchev–Trinajstić information content (AvgIpc) is 1.86. The fraction of sp³-hybridized carbons (Fsp3) is 1.00. The zero-order chi connectivity index (χ0) is 16.3. The molecule has 0 bridgehead atoms. The third-order valence-corrected chi connectivity index (χ3v) is 17.8. The third-order valence-electron chi connectivity index (χ3n) is 5.55. The van der Waals surface area contributed by atoms with Crippen LogP contribution in [0.15, 0.2) is 0 Å². The summed E-state index contributed by atoms with van der Waals surface area (Å²) in [6, 6.07) is 0. The van der Waals surface area contributed by atoms with Crippen LogP contribution in [0, 0.1) is 0 Å². The first kappa shape index (κ1) is 18.9. The molecule has 0 aromatic rings. The molecule has 0 aromatic carbocycles. The van der Waals surface area contributed by atoms with Gasteiger partial charge in [-0.25, -0.2) is 0 Å². The molecule has 1 rings (SSSR count). The standard InChI is InChI=1S/C16H40Si4/c1-17(2,3)13-14(18(4,5)6)16(20(10,11)12)15(13)19(7,8)9/h13-16H,1-12H3. The highest BCUT2D eigenvalue weighted by Crippen LogP contribution is 2.74. The van der Waals surface area contributed by atoms with Crippen molar-refractivity contribution in [2.75, 3.05) is 0 Å². The lowest BCUT2D eigenvalue weighted by Crippen LogP contribution is -2.62. The van der Waals surface area contributed by atoms with Crippen molar-refractivity contribution in [3.63, 3.8) is 0 Å². The average molecular weight is 345 g/mol. The Balaban J connectivity index is 3.33. The van der Waals surface area contributed by atoms with Crippen molar-refractivity contribution in [2.45, 2.75) is 101 Å². The van der Waals surface area contributed by atoms with Gasteiger partial charge in [0.15, 0.2) is 0 Å². The molecule has 0 radical (unpaired) electrons. The van der Waals surface area contributed by atoms with Crippen molar-refractivity contribution in [3.8, 4) is 0 Å². The van der Waals surface area contributed by atoms with Crippen LogP contribution in [-0.4, -0.2) is 32.3 Å². The van der Waals surface area contributed by atoms with Gasteiger partial charge < -0.3 is 0 Å². The summed E-state index contributed by atoms with van der Waals surface area (Å²) in [5.74, 6) is 0. The zero-order valence-corrected chi connectivity index (χ0v) is 20.3. The molecule has 1 saturated carbocycles. The fourth-order valence-corrected chi connectivity index (χ4v) is 28.1. The van der Waals surface area contributed by atoms with Gasteiger partial charge >= 0.3 is 0 Å². The maximum absolute atomic E-state index is 2.65. The quantitative estimate of drug-likeness (QED) is 0.490. The van der Waals surface area contributed by atoms with Gasteiger partial charge in [0.25, 0.3) is 0 Å². The molecule has 20 heavy (non-hydrogen) atoms. The molecule has 0 aliphatic heterocycles. The Kier molecular flexibility index (Phi) is 4.92. The van der Waals surface area contributed by atoms with E-state index in [1.165, 1.54) is 0 Å². The second-order valence-corrected chi connectivity index (χ2v) is 33.2. The van der Waals surface area contributed by atoms with E-state index >= 15 is 0 Å². The minimum atomic E-state index is -1.05. The van der Waals surface area contributed by atoms with E-state index in [0.29, 0.717) is 0 Å². The second-order valence-electron chi connectivity index (χ2n) is 11.6. The van der Waals surface area contributed by atoms with Crippen LogP contribution in [0.25, 0.3) is 0 Å². The molecule has 1 fully saturated rings. The maximum Gasteiger partial charge on any atom is 0.0473 e. The molecule has 0 spiro atoms. The molecule has 0 saturated heterocycles. The lowest BCUT2D eigenvalue weighted by molar-refractivity contribution is 0.443. The van der Waals surface area contributed by atoms with Crippen molar-refractivity contribution < 1.29 is 0 Å². The molecule has 0 aromatic heterocycles. The summed E-state index contributed by atoms with van der Waals surface area (Å²) in [4.78, 5) is 0. The number of hydrogen-bond acceptors (Lipinski definition) is 0. The predicted octanol–water partition coefficient (Wildman–Crippen LogP) is 6.83. The van der Waals surface area contributed by atoms with E-state index in [2.05, 4.69) is 78.6 Å². The first-order valence-electron chi connectivity index (χ1n) is 8.49. The summed E-state index contributed by atoms with van der Waals surface area (Å²) in [5, 5.41) is 0. The van der Waals surface area contributed by atoms with E-state index in [-0.39, 0.29) is 0 Å². The van der Waals surface area contributed by atoms with Crippen LogP contribution in [-0.2, 0) is 0 Å². The first-order valence-corrected chi connectivity index (χ1v) is 22.8. The fourth-order valence-electron chi connectivity index (χ4n) is 5.06. The van der Waals surface area contributed by atoms with Gasteiger partial charge in [0, 0.05) is 32.3 Å². The Morgan fingerprint density at radius 2 is 0.400 bits per heavy atom. The lowest BCUT2D eigenvalue weighted by atomic mass is 9.95. The molecule has 1 aliphatic carbocycles. The highest BCUT2D eigenvalue weighted by atomic mass is 28.3. The van der Waals surface area contributed by atoms with Crippen LogP contribution < -0.4 is 0 Å². The van der Waals surface area contributed by atoms with Crippen LogP contribution in [0.2, 0.25) is 101 Å². The van der Waals surface area contributed by atoms with Gasteiger partial charge in [-0.3, -0.25) is 0 Å². The topological polar surface area (TPSA) is 0 Å². The van der Waals surface area contributed by atoms with Gasteiger partial charge in [0.1, 0.15) is 0 Å². The normalized spacial score (nSPS) is 33.0. The van der Waals surface area contributed by atoms with Gasteiger partial charge in [-0.2, -0.15) is 0 Å². The Morgan fingerprint density at radius 3 is 0.450 bits per heavy atom. The van der Waals surface area contributed by atoms with Gasteiger partial charge in [0.2, 0.25) is 0 Å². The van der Waals surface area contributed by atoms with E-state index in [1.54, 1.807) is 0 Å². The molecule has 0 amide bonds. The Bertz CT molecular complexity index is 269. The maximum atomic E-state index is 2.65.